The molecule has 3 aliphatic carbocycles. The van der Waals surface area contributed by atoms with Crippen LogP contribution in [0.15, 0.2) is 12.2 Å². The lowest BCUT2D eigenvalue weighted by Gasteiger charge is -2.41. The zero-order valence-electron chi connectivity index (χ0n) is 9.86. The van der Waals surface area contributed by atoms with Crippen LogP contribution in [0, 0.1) is 29.1 Å². The first-order chi connectivity index (χ1) is 7.67. The molecule has 88 valence electrons. The summed E-state index contributed by atoms with van der Waals surface area (Å²) in [5, 5.41) is 9.78. The van der Waals surface area contributed by atoms with Gasteiger partial charge in [-0.2, -0.15) is 0 Å². The van der Waals surface area contributed by atoms with E-state index >= 15 is 0 Å². The van der Waals surface area contributed by atoms with Crippen molar-refractivity contribution in [1.82, 2.24) is 0 Å². The van der Waals surface area contributed by atoms with E-state index in [9.17, 15) is 9.90 Å². The minimum Gasteiger partial charge on any atom is -0.481 e. The predicted octanol–water partition coefficient (Wildman–Crippen LogP) is 3.09. The molecule has 16 heavy (non-hydrogen) atoms. The summed E-state index contributed by atoms with van der Waals surface area (Å²) in [6, 6.07) is 0. The molecule has 4 unspecified atom stereocenters. The molecular weight excluding hydrogens is 200 g/mol. The second-order valence-corrected chi connectivity index (χ2v) is 5.90. The number of carboxylic acid groups (broad SMARTS) is 1. The SMILES string of the molecule is CC1C2C=CC(C2)C1(C(=O)O)C1CCCC1. The van der Waals surface area contributed by atoms with Crippen LogP contribution in [0.25, 0.3) is 0 Å². The summed E-state index contributed by atoms with van der Waals surface area (Å²) < 4.78 is 0. The fraction of sp³-hybridized carbons (Fsp3) is 0.786. The highest BCUT2D eigenvalue weighted by Crippen LogP contribution is 2.62. The minimum atomic E-state index is -0.524. The van der Waals surface area contributed by atoms with Crippen LogP contribution in [-0.4, -0.2) is 11.1 Å². The van der Waals surface area contributed by atoms with E-state index in [1.165, 1.54) is 12.8 Å². The molecule has 0 heterocycles. The van der Waals surface area contributed by atoms with Crippen molar-refractivity contribution in [2.45, 2.75) is 39.0 Å². The van der Waals surface area contributed by atoms with Gasteiger partial charge in [-0.05, 0) is 42.9 Å². The van der Waals surface area contributed by atoms with Crippen LogP contribution in [0.2, 0.25) is 0 Å². The van der Waals surface area contributed by atoms with Gasteiger partial charge >= 0.3 is 5.97 Å². The maximum absolute atomic E-state index is 11.9. The van der Waals surface area contributed by atoms with Crippen LogP contribution in [0.4, 0.5) is 0 Å². The van der Waals surface area contributed by atoms with Crippen molar-refractivity contribution in [1.29, 1.82) is 0 Å². The zero-order valence-corrected chi connectivity index (χ0v) is 9.86. The standard InChI is InChI=1S/C14H20O2/c1-9-10-6-7-12(8-10)14(9,13(15)16)11-4-2-3-5-11/h6-7,9-12H,2-5,8H2,1H3,(H,15,16). The summed E-state index contributed by atoms with van der Waals surface area (Å²) in [7, 11) is 0. The molecule has 0 spiro atoms. The predicted molar refractivity (Wildman–Crippen MR) is 61.9 cm³/mol. The van der Waals surface area contributed by atoms with Crippen LogP contribution in [0.3, 0.4) is 0 Å². The number of aliphatic carboxylic acids is 1. The first-order valence-corrected chi connectivity index (χ1v) is 6.59. The molecule has 0 aromatic heterocycles. The second-order valence-electron chi connectivity index (χ2n) is 5.90. The van der Waals surface area contributed by atoms with Gasteiger partial charge in [0.2, 0.25) is 0 Å². The molecule has 0 saturated heterocycles. The van der Waals surface area contributed by atoms with Crippen LogP contribution in [0.1, 0.15) is 39.0 Å². The Morgan fingerprint density at radius 2 is 2.00 bits per heavy atom. The highest BCUT2D eigenvalue weighted by atomic mass is 16.4. The van der Waals surface area contributed by atoms with Crippen LogP contribution < -0.4 is 0 Å². The molecule has 2 heteroatoms. The van der Waals surface area contributed by atoms with Crippen molar-refractivity contribution in [3.63, 3.8) is 0 Å². The van der Waals surface area contributed by atoms with E-state index in [1.54, 1.807) is 0 Å². The normalized spacial score (nSPS) is 46.7. The van der Waals surface area contributed by atoms with E-state index in [0.29, 0.717) is 23.7 Å². The third kappa shape index (κ3) is 1.05. The number of rotatable bonds is 2. The van der Waals surface area contributed by atoms with Crippen LogP contribution in [0.5, 0.6) is 0 Å². The smallest absolute Gasteiger partial charge is 0.310 e. The number of carboxylic acids is 1. The summed E-state index contributed by atoms with van der Waals surface area (Å²) in [5.74, 6) is 1.08. The molecule has 0 amide bonds. The Bertz CT molecular complexity index is 341. The Hall–Kier alpha value is -0.790. The van der Waals surface area contributed by atoms with Crippen molar-refractivity contribution in [2.24, 2.45) is 29.1 Å². The lowest BCUT2D eigenvalue weighted by molar-refractivity contribution is -0.158. The minimum absolute atomic E-state index is 0.313. The molecule has 3 aliphatic rings. The van der Waals surface area contributed by atoms with Gasteiger partial charge in [-0.25, -0.2) is 0 Å². The van der Waals surface area contributed by atoms with Crippen molar-refractivity contribution in [2.75, 3.05) is 0 Å². The van der Waals surface area contributed by atoms with E-state index < -0.39 is 11.4 Å². The first kappa shape index (κ1) is 10.4. The van der Waals surface area contributed by atoms with Gasteiger partial charge in [0.1, 0.15) is 0 Å². The average Bonchev–Trinajstić information content (AvgIpc) is 2.91. The molecule has 0 aliphatic heterocycles. The fourth-order valence-electron chi connectivity index (χ4n) is 4.75. The maximum atomic E-state index is 11.9. The fourth-order valence-corrected chi connectivity index (χ4v) is 4.75. The van der Waals surface area contributed by atoms with Crippen molar-refractivity contribution in [3.8, 4) is 0 Å². The monoisotopic (exact) mass is 220 g/mol. The number of allylic oxidation sites excluding steroid dienone is 2. The lowest BCUT2D eigenvalue weighted by atomic mass is 9.61. The Kier molecular flexibility index (Phi) is 2.17. The Balaban J connectivity index is 2.03. The Morgan fingerprint density at radius 3 is 2.50 bits per heavy atom. The molecule has 4 atom stereocenters. The highest BCUT2D eigenvalue weighted by molar-refractivity contribution is 5.77. The quantitative estimate of drug-likeness (QED) is 0.726. The molecule has 2 bridgehead atoms. The lowest BCUT2D eigenvalue weighted by Crippen LogP contribution is -2.46. The van der Waals surface area contributed by atoms with E-state index in [1.807, 2.05) is 0 Å². The second kappa shape index (κ2) is 3.35. The number of fused-ring (bicyclic) bond motifs is 2. The number of hydrogen-bond acceptors (Lipinski definition) is 1. The van der Waals surface area contributed by atoms with E-state index in [-0.39, 0.29) is 0 Å². The van der Waals surface area contributed by atoms with Crippen molar-refractivity contribution >= 4 is 5.97 Å². The van der Waals surface area contributed by atoms with Gasteiger partial charge in [0.15, 0.2) is 0 Å². The highest BCUT2D eigenvalue weighted by Gasteiger charge is 2.62. The molecular formula is C14H20O2. The van der Waals surface area contributed by atoms with Crippen molar-refractivity contribution in [3.05, 3.63) is 12.2 Å². The van der Waals surface area contributed by atoms with Gasteiger partial charge in [0.25, 0.3) is 0 Å². The largest absolute Gasteiger partial charge is 0.481 e. The number of carbonyl (C=O) groups is 1. The van der Waals surface area contributed by atoms with Gasteiger partial charge < -0.3 is 5.11 Å². The summed E-state index contributed by atoms with van der Waals surface area (Å²) >= 11 is 0. The zero-order chi connectivity index (χ0) is 11.3. The average molecular weight is 220 g/mol. The molecule has 0 aromatic carbocycles. The van der Waals surface area contributed by atoms with Crippen LogP contribution in [-0.2, 0) is 4.79 Å². The van der Waals surface area contributed by atoms with Gasteiger partial charge in [0.05, 0.1) is 5.41 Å². The van der Waals surface area contributed by atoms with Gasteiger partial charge in [-0.1, -0.05) is 31.9 Å². The summed E-state index contributed by atoms with van der Waals surface area (Å²) in [4.78, 5) is 11.9. The molecule has 2 nitrogen and oxygen atoms in total. The van der Waals surface area contributed by atoms with Crippen LogP contribution >= 0.6 is 0 Å². The maximum Gasteiger partial charge on any atom is 0.310 e. The molecule has 3 rings (SSSR count). The molecule has 0 radical (unpaired) electrons. The van der Waals surface area contributed by atoms with E-state index in [2.05, 4.69) is 19.1 Å². The first-order valence-electron chi connectivity index (χ1n) is 6.59. The third-order valence-electron chi connectivity index (χ3n) is 5.53. The molecule has 0 aromatic rings. The van der Waals surface area contributed by atoms with Gasteiger partial charge in [-0.15, -0.1) is 0 Å². The summed E-state index contributed by atoms with van der Waals surface area (Å²) in [6.45, 7) is 2.17. The van der Waals surface area contributed by atoms with Gasteiger partial charge in [0, 0.05) is 0 Å². The number of hydrogen-bond donors (Lipinski definition) is 1. The molecule has 1 N–H and O–H groups in total. The van der Waals surface area contributed by atoms with Crippen molar-refractivity contribution < 1.29 is 9.90 Å². The van der Waals surface area contributed by atoms with E-state index in [4.69, 9.17) is 0 Å². The topological polar surface area (TPSA) is 37.3 Å². The summed E-state index contributed by atoms with van der Waals surface area (Å²) in [5.41, 5.74) is -0.421. The van der Waals surface area contributed by atoms with Gasteiger partial charge in [-0.3, -0.25) is 4.79 Å². The Morgan fingerprint density at radius 1 is 1.31 bits per heavy atom. The van der Waals surface area contributed by atoms with E-state index in [0.717, 1.165) is 19.3 Å². The Labute approximate surface area is 96.7 Å². The molecule has 2 fully saturated rings. The summed E-state index contributed by atoms with van der Waals surface area (Å²) in [6.07, 6.45) is 10.3. The third-order valence-corrected chi connectivity index (χ3v) is 5.53. The molecule has 2 saturated carbocycles.